The van der Waals surface area contributed by atoms with Gasteiger partial charge in [0.25, 0.3) is 11.8 Å². The number of piperazine rings is 1. The van der Waals surface area contributed by atoms with E-state index in [1.54, 1.807) is 21.9 Å². The number of hydrogen-bond donors (Lipinski definition) is 1. The number of carbonyl (C=O) groups is 2. The lowest BCUT2D eigenvalue weighted by Crippen LogP contribution is -2.50. The van der Waals surface area contributed by atoms with Gasteiger partial charge in [-0.2, -0.15) is 15.4 Å². The third-order valence-corrected chi connectivity index (χ3v) is 4.81. The van der Waals surface area contributed by atoms with Crippen LogP contribution in [-0.4, -0.2) is 63.2 Å². The molecule has 24 heavy (non-hydrogen) atoms. The number of nitrogens with one attached hydrogen (secondary N) is 1. The predicted octanol–water partition coefficient (Wildman–Crippen LogP) is 1.64. The Morgan fingerprint density at radius 3 is 2.33 bits per heavy atom. The Morgan fingerprint density at radius 2 is 1.75 bits per heavy atom. The third kappa shape index (κ3) is 2.83. The summed E-state index contributed by atoms with van der Waals surface area (Å²) in [6.45, 7) is 1.89. The van der Waals surface area contributed by atoms with Crippen molar-refractivity contribution in [2.75, 3.05) is 26.2 Å². The van der Waals surface area contributed by atoms with E-state index in [1.807, 2.05) is 0 Å². The summed E-state index contributed by atoms with van der Waals surface area (Å²) in [5.74, 6) is 0.392. The number of H-pyrrole nitrogens is 1. The molecule has 0 spiro atoms. The highest BCUT2D eigenvalue weighted by Gasteiger charge is 2.34. The molecule has 2 amide bonds. The van der Waals surface area contributed by atoms with E-state index < -0.39 is 0 Å². The van der Waals surface area contributed by atoms with E-state index in [0.29, 0.717) is 48.2 Å². The van der Waals surface area contributed by atoms with Gasteiger partial charge in [0.2, 0.25) is 0 Å². The van der Waals surface area contributed by atoms with E-state index in [2.05, 4.69) is 31.3 Å². The topological polar surface area (TPSA) is 95.3 Å². The van der Waals surface area contributed by atoms with Gasteiger partial charge in [-0.15, -0.1) is 0 Å². The molecular weight excluding hydrogens is 378 g/mol. The summed E-state index contributed by atoms with van der Waals surface area (Å²) in [5, 5.41) is 10.7. The zero-order valence-corrected chi connectivity index (χ0v) is 14.5. The van der Waals surface area contributed by atoms with Gasteiger partial charge in [-0.3, -0.25) is 9.59 Å². The fourth-order valence-electron chi connectivity index (χ4n) is 2.89. The molecule has 2 aromatic rings. The van der Waals surface area contributed by atoms with Crippen LogP contribution in [0, 0.1) is 0 Å². The first kappa shape index (κ1) is 15.4. The first-order valence-electron chi connectivity index (χ1n) is 7.88. The van der Waals surface area contributed by atoms with Crippen LogP contribution in [0.3, 0.4) is 0 Å². The zero-order valence-electron chi connectivity index (χ0n) is 12.9. The minimum Gasteiger partial charge on any atom is -0.444 e. The molecule has 126 valence electrons. The van der Waals surface area contributed by atoms with Crippen molar-refractivity contribution in [2.45, 2.75) is 18.8 Å². The maximum absolute atomic E-state index is 12.6. The molecule has 0 bridgehead atoms. The Bertz CT molecular complexity index is 774. The molecule has 0 unspecified atom stereocenters. The third-order valence-electron chi connectivity index (χ3n) is 4.38. The molecule has 1 N–H and O–H groups in total. The Labute approximate surface area is 146 Å². The van der Waals surface area contributed by atoms with Crippen LogP contribution in [0.5, 0.6) is 0 Å². The number of hydrogen-bond acceptors (Lipinski definition) is 5. The fraction of sp³-hybridized carbons (Fsp3) is 0.467. The summed E-state index contributed by atoms with van der Waals surface area (Å²) in [6, 6.07) is 3.33. The average molecular weight is 394 g/mol. The van der Waals surface area contributed by atoms with E-state index >= 15 is 0 Å². The molecule has 3 heterocycles. The van der Waals surface area contributed by atoms with Gasteiger partial charge >= 0.3 is 0 Å². The van der Waals surface area contributed by atoms with Crippen LogP contribution < -0.4 is 0 Å². The Morgan fingerprint density at radius 1 is 1.08 bits per heavy atom. The summed E-state index contributed by atoms with van der Waals surface area (Å²) < 4.78 is 5.83. The lowest BCUT2D eigenvalue weighted by Gasteiger charge is -2.34. The fourth-order valence-corrected chi connectivity index (χ4v) is 3.19. The van der Waals surface area contributed by atoms with E-state index in [0.717, 1.165) is 18.5 Å². The van der Waals surface area contributed by atoms with Crippen molar-refractivity contribution in [3.8, 4) is 0 Å². The van der Waals surface area contributed by atoms with Crippen LogP contribution >= 0.6 is 15.9 Å². The van der Waals surface area contributed by atoms with Crippen molar-refractivity contribution in [3.05, 3.63) is 34.0 Å². The van der Waals surface area contributed by atoms with Crippen LogP contribution in [0.25, 0.3) is 0 Å². The van der Waals surface area contributed by atoms with Gasteiger partial charge in [0.15, 0.2) is 16.1 Å². The number of halogens is 1. The molecule has 1 aliphatic heterocycles. The van der Waals surface area contributed by atoms with Crippen LogP contribution in [0.1, 0.15) is 45.5 Å². The summed E-state index contributed by atoms with van der Waals surface area (Å²) in [5.41, 5.74) is 1.20. The molecule has 8 nitrogen and oxygen atoms in total. The van der Waals surface area contributed by atoms with E-state index in [-0.39, 0.29) is 11.8 Å². The summed E-state index contributed by atoms with van der Waals surface area (Å²) in [4.78, 5) is 28.4. The van der Waals surface area contributed by atoms with Gasteiger partial charge < -0.3 is 14.2 Å². The second-order valence-corrected chi connectivity index (χ2v) is 6.80. The number of carbonyl (C=O) groups excluding carboxylic acids is 2. The second-order valence-electron chi connectivity index (χ2n) is 6.02. The molecule has 4 rings (SSSR count). The summed E-state index contributed by atoms with van der Waals surface area (Å²) >= 11 is 3.19. The molecule has 9 heteroatoms. The highest BCUT2D eigenvalue weighted by atomic mass is 79.9. The number of aromatic nitrogens is 3. The van der Waals surface area contributed by atoms with Crippen molar-refractivity contribution in [3.63, 3.8) is 0 Å². The molecule has 2 aliphatic rings. The van der Waals surface area contributed by atoms with Crippen LogP contribution in [0.2, 0.25) is 0 Å². The van der Waals surface area contributed by atoms with E-state index in [1.165, 1.54) is 0 Å². The molecule has 1 saturated carbocycles. The molecule has 0 radical (unpaired) electrons. The van der Waals surface area contributed by atoms with Crippen LogP contribution in [0.15, 0.2) is 21.2 Å². The predicted molar refractivity (Wildman–Crippen MR) is 86.6 cm³/mol. The van der Waals surface area contributed by atoms with Gasteiger partial charge in [0.05, 0.1) is 5.69 Å². The molecule has 2 aromatic heterocycles. The van der Waals surface area contributed by atoms with Crippen LogP contribution in [0.4, 0.5) is 0 Å². The smallest absolute Gasteiger partial charge is 0.289 e. The number of aromatic amines is 1. The van der Waals surface area contributed by atoms with Gasteiger partial charge in [0, 0.05) is 32.1 Å². The minimum atomic E-state index is -0.159. The number of nitrogens with zero attached hydrogens (tertiary/aromatic N) is 4. The van der Waals surface area contributed by atoms with E-state index in [4.69, 9.17) is 4.42 Å². The highest BCUT2D eigenvalue weighted by Crippen LogP contribution is 2.40. The summed E-state index contributed by atoms with van der Waals surface area (Å²) in [7, 11) is 0. The van der Waals surface area contributed by atoms with Crippen molar-refractivity contribution in [2.24, 2.45) is 0 Å². The molecule has 1 saturated heterocycles. The minimum absolute atomic E-state index is 0.113. The summed E-state index contributed by atoms with van der Waals surface area (Å²) in [6.07, 6.45) is 2.13. The number of rotatable bonds is 3. The van der Waals surface area contributed by atoms with Crippen molar-refractivity contribution >= 4 is 27.7 Å². The number of furan rings is 1. The molecule has 1 aliphatic carbocycles. The first-order valence-corrected chi connectivity index (χ1v) is 8.67. The van der Waals surface area contributed by atoms with Gasteiger partial charge in [-0.25, -0.2) is 0 Å². The second kappa shape index (κ2) is 6.04. The SMILES string of the molecule is O=C(c1ccc(Br)o1)N1CCN(C(=O)c2n[nH]nc2C2CC2)CC1. The normalized spacial score (nSPS) is 18.0. The first-order chi connectivity index (χ1) is 11.6. The monoisotopic (exact) mass is 393 g/mol. The van der Waals surface area contributed by atoms with Gasteiger partial charge in [-0.1, -0.05) is 0 Å². The lowest BCUT2D eigenvalue weighted by molar-refractivity contribution is 0.0514. The molecule has 2 fully saturated rings. The van der Waals surface area contributed by atoms with Crippen LogP contribution in [-0.2, 0) is 0 Å². The van der Waals surface area contributed by atoms with Gasteiger partial charge in [0.1, 0.15) is 0 Å². The standard InChI is InChI=1S/C15H16BrN5O3/c16-11-4-3-10(24-11)14(22)20-5-7-21(8-6-20)15(23)13-12(9-1-2-9)17-19-18-13/h3-4,9H,1-2,5-8H2,(H,17,18,19). The largest absolute Gasteiger partial charge is 0.444 e. The molecule has 0 aromatic carbocycles. The number of amides is 2. The van der Waals surface area contributed by atoms with Crippen molar-refractivity contribution in [1.82, 2.24) is 25.2 Å². The van der Waals surface area contributed by atoms with Gasteiger partial charge in [-0.05, 0) is 40.9 Å². The molecular formula is C15H16BrN5O3. The maximum Gasteiger partial charge on any atom is 0.289 e. The Balaban J connectivity index is 1.39. The Hall–Kier alpha value is -2.16. The lowest BCUT2D eigenvalue weighted by atomic mass is 10.2. The highest BCUT2D eigenvalue weighted by molar-refractivity contribution is 9.10. The zero-order chi connectivity index (χ0) is 16.7. The average Bonchev–Trinajstić information content (AvgIpc) is 3.16. The molecule has 0 atom stereocenters. The Kier molecular flexibility index (Phi) is 3.87. The van der Waals surface area contributed by atoms with Crippen molar-refractivity contribution in [1.29, 1.82) is 0 Å². The van der Waals surface area contributed by atoms with E-state index in [9.17, 15) is 9.59 Å². The van der Waals surface area contributed by atoms with Crippen molar-refractivity contribution < 1.29 is 14.0 Å². The quantitative estimate of drug-likeness (QED) is 0.854. The maximum atomic E-state index is 12.6.